The predicted octanol–water partition coefficient (Wildman–Crippen LogP) is 2.79. The maximum atomic E-state index is 12.1. The van der Waals surface area contributed by atoms with Crippen LogP contribution in [0.1, 0.15) is 41.3 Å². The highest BCUT2D eigenvalue weighted by Gasteiger charge is 2.24. The highest BCUT2D eigenvalue weighted by molar-refractivity contribution is 6.10. The number of aromatic amines is 1. The van der Waals surface area contributed by atoms with Gasteiger partial charge in [0, 0.05) is 48.0 Å². The number of H-pyrrole nitrogens is 1. The zero-order valence-corrected chi connectivity index (χ0v) is 20.5. The lowest BCUT2D eigenvalue weighted by Crippen LogP contribution is -2.47. The zero-order chi connectivity index (χ0) is 25.7. The standard InChI is InChI=1S/C28H28N4O4/c1-4-6-25(33)31-20-7-5-12-32(17-20)24-11-10-23(28(29)34)27-26(24)19(16-30-27)9-8-18-13-21(35-2)15-22(14-18)36-3/h10-11,13-16,20,30H,5,7,12,17H2,1-3H3,(H2,29,34)(H,31,33)/t20-/m0/s1. The molecule has 0 saturated carbocycles. The van der Waals surface area contributed by atoms with Gasteiger partial charge in [-0.15, -0.1) is 0 Å². The molecule has 36 heavy (non-hydrogen) atoms. The number of ether oxygens (including phenoxy) is 2. The lowest BCUT2D eigenvalue weighted by Gasteiger charge is -2.35. The van der Waals surface area contributed by atoms with Gasteiger partial charge < -0.3 is 30.4 Å². The molecule has 0 bridgehead atoms. The lowest BCUT2D eigenvalue weighted by atomic mass is 10.0. The van der Waals surface area contributed by atoms with Gasteiger partial charge in [-0.1, -0.05) is 17.8 Å². The quantitative estimate of drug-likeness (QED) is 0.483. The summed E-state index contributed by atoms with van der Waals surface area (Å²) in [6.07, 6.45) is 3.55. The molecule has 1 aromatic heterocycles. The molecule has 4 N–H and O–H groups in total. The Hall–Kier alpha value is -4.56. The van der Waals surface area contributed by atoms with Crippen molar-refractivity contribution in [2.24, 2.45) is 5.73 Å². The lowest BCUT2D eigenvalue weighted by molar-refractivity contribution is -0.116. The molecule has 4 rings (SSSR count). The molecule has 0 spiro atoms. The number of carbonyl (C=O) groups is 2. The van der Waals surface area contributed by atoms with Gasteiger partial charge in [-0.3, -0.25) is 9.59 Å². The summed E-state index contributed by atoms with van der Waals surface area (Å²) in [7, 11) is 3.18. The third-order valence-corrected chi connectivity index (χ3v) is 6.11. The molecule has 1 aliphatic heterocycles. The summed E-state index contributed by atoms with van der Waals surface area (Å²) in [6, 6.07) is 9.04. The number of anilines is 1. The minimum atomic E-state index is -0.521. The molecule has 8 nitrogen and oxygen atoms in total. The van der Waals surface area contributed by atoms with Crippen molar-refractivity contribution in [1.82, 2.24) is 10.3 Å². The third-order valence-electron chi connectivity index (χ3n) is 6.11. The smallest absolute Gasteiger partial charge is 0.296 e. The van der Waals surface area contributed by atoms with Crippen molar-refractivity contribution in [3.63, 3.8) is 0 Å². The Bertz CT molecular complexity index is 1410. The second kappa shape index (κ2) is 10.8. The van der Waals surface area contributed by atoms with E-state index in [0.29, 0.717) is 29.1 Å². The van der Waals surface area contributed by atoms with E-state index >= 15 is 0 Å². The van der Waals surface area contributed by atoms with E-state index in [0.717, 1.165) is 41.6 Å². The highest BCUT2D eigenvalue weighted by atomic mass is 16.5. The molecule has 3 aromatic rings. The maximum absolute atomic E-state index is 12.1. The molecule has 184 valence electrons. The van der Waals surface area contributed by atoms with Crippen LogP contribution in [0.15, 0.2) is 36.5 Å². The van der Waals surface area contributed by atoms with Crippen LogP contribution in [-0.2, 0) is 4.79 Å². The topological polar surface area (TPSA) is 110 Å². The maximum Gasteiger partial charge on any atom is 0.296 e. The van der Waals surface area contributed by atoms with Gasteiger partial charge in [0.25, 0.3) is 11.8 Å². The number of hydrogen-bond acceptors (Lipinski definition) is 5. The summed E-state index contributed by atoms with van der Waals surface area (Å²) in [5, 5.41) is 3.80. The number of benzene rings is 2. The normalized spacial score (nSPS) is 14.8. The van der Waals surface area contributed by atoms with E-state index in [2.05, 4.69) is 38.9 Å². The Morgan fingerprint density at radius 3 is 2.56 bits per heavy atom. The Labute approximate surface area is 210 Å². The summed E-state index contributed by atoms with van der Waals surface area (Å²) < 4.78 is 10.7. The second-order valence-electron chi connectivity index (χ2n) is 8.43. The van der Waals surface area contributed by atoms with Crippen LogP contribution in [0.2, 0.25) is 0 Å². The number of nitrogens with two attached hydrogens (primary N) is 1. The molecular formula is C28H28N4O4. The fraction of sp³-hybridized carbons (Fsp3) is 0.286. The molecule has 0 radical (unpaired) electrons. The average molecular weight is 485 g/mol. The molecule has 1 fully saturated rings. The predicted molar refractivity (Wildman–Crippen MR) is 139 cm³/mol. The Kier molecular flexibility index (Phi) is 7.36. The van der Waals surface area contributed by atoms with Gasteiger partial charge in [-0.25, -0.2) is 0 Å². The number of rotatable bonds is 5. The van der Waals surface area contributed by atoms with Crippen LogP contribution >= 0.6 is 0 Å². The van der Waals surface area contributed by atoms with Gasteiger partial charge in [0.1, 0.15) is 11.5 Å². The number of methoxy groups -OCH3 is 2. The number of piperidine rings is 1. The molecule has 0 aliphatic carbocycles. The first kappa shape index (κ1) is 24.6. The number of nitrogens with zero attached hydrogens (tertiary/aromatic N) is 1. The third kappa shape index (κ3) is 5.24. The van der Waals surface area contributed by atoms with E-state index < -0.39 is 5.91 Å². The van der Waals surface area contributed by atoms with E-state index in [-0.39, 0.29) is 11.9 Å². The Morgan fingerprint density at radius 1 is 1.14 bits per heavy atom. The molecular weight excluding hydrogens is 456 g/mol. The van der Waals surface area contributed by atoms with Crippen molar-refractivity contribution in [3.05, 3.63) is 53.2 Å². The number of nitrogens with one attached hydrogen (secondary N) is 2. The van der Waals surface area contributed by atoms with Crippen molar-refractivity contribution in [2.75, 3.05) is 32.2 Å². The van der Waals surface area contributed by atoms with Crippen molar-refractivity contribution in [1.29, 1.82) is 0 Å². The summed E-state index contributed by atoms with van der Waals surface area (Å²) in [6.45, 7) is 3.06. The van der Waals surface area contributed by atoms with Gasteiger partial charge in [-0.2, -0.15) is 0 Å². The first-order valence-corrected chi connectivity index (χ1v) is 11.6. The largest absolute Gasteiger partial charge is 0.497 e. The minimum Gasteiger partial charge on any atom is -0.497 e. The zero-order valence-electron chi connectivity index (χ0n) is 20.5. The summed E-state index contributed by atoms with van der Waals surface area (Å²) >= 11 is 0. The second-order valence-corrected chi connectivity index (χ2v) is 8.43. The van der Waals surface area contributed by atoms with E-state index in [9.17, 15) is 9.59 Å². The molecule has 8 heteroatoms. The molecule has 2 aromatic carbocycles. The summed E-state index contributed by atoms with van der Waals surface area (Å²) in [4.78, 5) is 29.5. The average Bonchev–Trinajstić information content (AvgIpc) is 3.30. The number of aromatic nitrogens is 1. The van der Waals surface area contributed by atoms with Gasteiger partial charge >= 0.3 is 0 Å². The highest BCUT2D eigenvalue weighted by Crippen LogP contribution is 2.33. The molecule has 2 heterocycles. The first-order valence-electron chi connectivity index (χ1n) is 11.6. The number of carbonyl (C=O) groups excluding carboxylic acids is 2. The SMILES string of the molecule is CC#CC(=O)N[C@H]1CCCN(c2ccc(C(N)=O)c3[nH]cc(C#Cc4cc(OC)cc(OC)c4)c23)C1. The van der Waals surface area contributed by atoms with Crippen LogP contribution in [0, 0.1) is 23.7 Å². The minimum absolute atomic E-state index is 0.0318. The van der Waals surface area contributed by atoms with E-state index in [1.807, 2.05) is 18.2 Å². The van der Waals surface area contributed by atoms with Gasteiger partial charge in [0.05, 0.1) is 30.9 Å². The van der Waals surface area contributed by atoms with Crippen molar-refractivity contribution in [2.45, 2.75) is 25.8 Å². The first-order chi connectivity index (χ1) is 17.4. The molecule has 2 amide bonds. The molecule has 1 atom stereocenters. The monoisotopic (exact) mass is 484 g/mol. The van der Waals surface area contributed by atoms with Gasteiger partial charge in [0.15, 0.2) is 0 Å². The fourth-order valence-corrected chi connectivity index (χ4v) is 4.47. The fourth-order valence-electron chi connectivity index (χ4n) is 4.47. The van der Waals surface area contributed by atoms with Crippen molar-refractivity contribution >= 4 is 28.4 Å². The molecule has 1 saturated heterocycles. The number of primary amides is 1. The van der Waals surface area contributed by atoms with Crippen LogP contribution in [-0.4, -0.2) is 50.1 Å². The van der Waals surface area contributed by atoms with Gasteiger partial charge in [-0.05, 0) is 50.0 Å². The molecule has 1 aliphatic rings. The number of amides is 2. The number of fused-ring (bicyclic) bond motifs is 1. The Morgan fingerprint density at radius 2 is 1.89 bits per heavy atom. The van der Waals surface area contributed by atoms with E-state index in [1.165, 1.54) is 0 Å². The van der Waals surface area contributed by atoms with Gasteiger partial charge in [0.2, 0.25) is 0 Å². The van der Waals surface area contributed by atoms with E-state index in [4.69, 9.17) is 15.2 Å². The Balaban J connectivity index is 1.75. The van der Waals surface area contributed by atoms with Crippen LogP contribution < -0.4 is 25.4 Å². The van der Waals surface area contributed by atoms with Crippen molar-refractivity contribution in [3.8, 4) is 35.2 Å². The summed E-state index contributed by atoms with van der Waals surface area (Å²) in [5.41, 5.74) is 9.06. The number of hydrogen-bond donors (Lipinski definition) is 3. The van der Waals surface area contributed by atoms with Crippen LogP contribution in [0.4, 0.5) is 5.69 Å². The van der Waals surface area contributed by atoms with Crippen molar-refractivity contribution < 1.29 is 19.1 Å². The van der Waals surface area contributed by atoms with Crippen LogP contribution in [0.3, 0.4) is 0 Å². The molecule has 0 unspecified atom stereocenters. The van der Waals surface area contributed by atoms with E-state index in [1.54, 1.807) is 39.5 Å². The summed E-state index contributed by atoms with van der Waals surface area (Å²) in [5.74, 6) is 12.1. The van der Waals surface area contributed by atoms with Crippen LogP contribution in [0.25, 0.3) is 10.9 Å². The van der Waals surface area contributed by atoms with Crippen LogP contribution in [0.5, 0.6) is 11.5 Å².